The molecule has 0 atom stereocenters. The minimum atomic E-state index is 0.786. The van der Waals surface area contributed by atoms with Crippen LogP contribution in [0, 0.1) is 3.57 Å². The number of fused-ring (bicyclic) bond motifs is 1. The highest BCUT2D eigenvalue weighted by atomic mass is 127. The summed E-state index contributed by atoms with van der Waals surface area (Å²) in [4.78, 5) is 9.09. The van der Waals surface area contributed by atoms with Crippen LogP contribution in [0.1, 0.15) is 6.92 Å². The van der Waals surface area contributed by atoms with Crippen LogP contribution in [-0.2, 0) is 0 Å². The normalized spacial score (nSPS) is 10.8. The van der Waals surface area contributed by atoms with E-state index in [1.54, 1.807) is 11.3 Å². The smallest absolute Gasteiger partial charge is 0.163 e. The lowest BCUT2D eigenvalue weighted by Crippen LogP contribution is -2.03. The van der Waals surface area contributed by atoms with Gasteiger partial charge in [-0.05, 0) is 35.6 Å². The van der Waals surface area contributed by atoms with Crippen molar-refractivity contribution in [3.63, 3.8) is 0 Å². The molecule has 0 amide bonds. The highest BCUT2D eigenvalue weighted by Crippen LogP contribution is 2.32. The number of nitrogens with zero attached hydrogens (tertiary/aromatic N) is 2. The van der Waals surface area contributed by atoms with E-state index in [0.29, 0.717) is 0 Å². The van der Waals surface area contributed by atoms with E-state index in [2.05, 4.69) is 74.4 Å². The molecule has 1 aromatic carbocycles. The van der Waals surface area contributed by atoms with E-state index >= 15 is 0 Å². The molecule has 1 N–H and O–H groups in total. The fourth-order valence-electron chi connectivity index (χ4n) is 1.94. The molecule has 0 unspecified atom stereocenters. The molecular weight excluding hydrogens is 369 g/mol. The van der Waals surface area contributed by atoms with Crippen LogP contribution in [0.25, 0.3) is 21.5 Å². The number of thiophene rings is 1. The fraction of sp³-hybridized carbons (Fsp3) is 0.143. The number of hydrogen-bond acceptors (Lipinski definition) is 4. The van der Waals surface area contributed by atoms with E-state index in [9.17, 15) is 0 Å². The van der Waals surface area contributed by atoms with Crippen LogP contribution in [0.2, 0.25) is 0 Å². The molecule has 0 aliphatic heterocycles. The van der Waals surface area contributed by atoms with Crippen LogP contribution in [-0.4, -0.2) is 16.5 Å². The second kappa shape index (κ2) is 5.42. The van der Waals surface area contributed by atoms with Gasteiger partial charge in [-0.1, -0.05) is 18.2 Å². The Kier molecular flexibility index (Phi) is 3.65. The van der Waals surface area contributed by atoms with E-state index in [1.165, 1.54) is 10.1 Å². The number of rotatable bonds is 3. The summed E-state index contributed by atoms with van der Waals surface area (Å²) in [7, 11) is 0. The summed E-state index contributed by atoms with van der Waals surface area (Å²) < 4.78 is 2.31. The summed E-state index contributed by atoms with van der Waals surface area (Å²) >= 11 is 3.98. The average molecular weight is 381 g/mol. The molecule has 2 heterocycles. The van der Waals surface area contributed by atoms with Gasteiger partial charge >= 0.3 is 0 Å². The Morgan fingerprint density at radius 3 is 3.00 bits per heavy atom. The highest BCUT2D eigenvalue weighted by Gasteiger charge is 2.10. The molecule has 5 heteroatoms. The van der Waals surface area contributed by atoms with Crippen LogP contribution in [0.3, 0.4) is 0 Å². The van der Waals surface area contributed by atoms with Crippen molar-refractivity contribution in [2.24, 2.45) is 0 Å². The third-order valence-corrected chi connectivity index (χ3v) is 4.56. The van der Waals surface area contributed by atoms with Crippen molar-refractivity contribution in [1.29, 1.82) is 0 Å². The fourth-order valence-corrected chi connectivity index (χ4v) is 3.33. The SMILES string of the molecule is CCNc1nc(-c2csc3ccccc23)ncc1I. The first-order valence-corrected chi connectivity index (χ1v) is 7.98. The molecule has 3 rings (SSSR count). The van der Waals surface area contributed by atoms with Gasteiger partial charge in [-0.15, -0.1) is 11.3 Å². The third kappa shape index (κ3) is 2.44. The Labute approximate surface area is 129 Å². The zero-order valence-electron chi connectivity index (χ0n) is 10.4. The van der Waals surface area contributed by atoms with Gasteiger partial charge in [-0.2, -0.15) is 0 Å². The summed E-state index contributed by atoms with van der Waals surface area (Å²) in [6.45, 7) is 2.93. The minimum absolute atomic E-state index is 0.786. The summed E-state index contributed by atoms with van der Waals surface area (Å²) in [5, 5.41) is 6.62. The molecule has 3 aromatic rings. The third-order valence-electron chi connectivity index (χ3n) is 2.81. The first-order chi connectivity index (χ1) is 9.29. The van der Waals surface area contributed by atoms with Crippen molar-refractivity contribution in [2.45, 2.75) is 6.92 Å². The molecule has 3 nitrogen and oxygen atoms in total. The topological polar surface area (TPSA) is 37.8 Å². The molecule has 0 radical (unpaired) electrons. The van der Waals surface area contributed by atoms with E-state index in [1.807, 2.05) is 6.20 Å². The number of hydrogen-bond donors (Lipinski definition) is 1. The molecule has 0 saturated heterocycles. The lowest BCUT2D eigenvalue weighted by atomic mass is 10.1. The van der Waals surface area contributed by atoms with Crippen molar-refractivity contribution in [2.75, 3.05) is 11.9 Å². The lowest BCUT2D eigenvalue weighted by Gasteiger charge is -2.06. The second-order valence-electron chi connectivity index (χ2n) is 4.07. The largest absolute Gasteiger partial charge is 0.369 e. The number of aromatic nitrogens is 2. The number of anilines is 1. The maximum Gasteiger partial charge on any atom is 0.163 e. The van der Waals surface area contributed by atoms with E-state index in [-0.39, 0.29) is 0 Å². The second-order valence-corrected chi connectivity index (χ2v) is 6.14. The number of halogens is 1. The van der Waals surface area contributed by atoms with Gasteiger partial charge in [-0.3, -0.25) is 0 Å². The van der Waals surface area contributed by atoms with Gasteiger partial charge < -0.3 is 5.32 Å². The van der Waals surface area contributed by atoms with Crippen molar-refractivity contribution < 1.29 is 0 Å². The van der Waals surface area contributed by atoms with Crippen LogP contribution in [0.5, 0.6) is 0 Å². The maximum absolute atomic E-state index is 4.63. The van der Waals surface area contributed by atoms with Crippen molar-refractivity contribution >= 4 is 49.8 Å². The van der Waals surface area contributed by atoms with Gasteiger partial charge in [0.15, 0.2) is 5.82 Å². The molecule has 19 heavy (non-hydrogen) atoms. The molecule has 2 aromatic heterocycles. The standard InChI is InChI=1S/C14H12IN3S/c1-2-16-14-11(15)7-17-13(18-14)10-8-19-12-6-4-3-5-9(10)12/h3-8H,2H2,1H3,(H,16,17,18). The number of benzene rings is 1. The van der Waals surface area contributed by atoms with E-state index < -0.39 is 0 Å². The Hall–Kier alpha value is -1.21. The lowest BCUT2D eigenvalue weighted by molar-refractivity contribution is 1.11. The molecule has 0 bridgehead atoms. The van der Waals surface area contributed by atoms with Crippen molar-refractivity contribution in [3.8, 4) is 11.4 Å². The molecular formula is C14H12IN3S. The van der Waals surface area contributed by atoms with Crippen LogP contribution < -0.4 is 5.32 Å². The van der Waals surface area contributed by atoms with Crippen LogP contribution >= 0.6 is 33.9 Å². The first kappa shape index (κ1) is 12.8. The average Bonchev–Trinajstić information content (AvgIpc) is 2.85. The Morgan fingerprint density at radius 1 is 1.32 bits per heavy atom. The summed E-state index contributed by atoms with van der Waals surface area (Å²) in [6.07, 6.45) is 1.87. The number of nitrogens with one attached hydrogen (secondary N) is 1. The van der Waals surface area contributed by atoms with Crippen LogP contribution in [0.4, 0.5) is 5.82 Å². The zero-order valence-corrected chi connectivity index (χ0v) is 13.3. The van der Waals surface area contributed by atoms with Gasteiger partial charge in [0, 0.05) is 33.8 Å². The van der Waals surface area contributed by atoms with Crippen molar-refractivity contribution in [1.82, 2.24) is 9.97 Å². The molecule has 96 valence electrons. The van der Waals surface area contributed by atoms with Gasteiger partial charge in [0.05, 0.1) is 3.57 Å². The summed E-state index contributed by atoms with van der Waals surface area (Å²) in [5.74, 6) is 1.69. The van der Waals surface area contributed by atoms with Gasteiger partial charge in [0.1, 0.15) is 5.82 Å². The van der Waals surface area contributed by atoms with Gasteiger partial charge in [0.25, 0.3) is 0 Å². The zero-order chi connectivity index (χ0) is 13.2. The minimum Gasteiger partial charge on any atom is -0.369 e. The summed E-state index contributed by atoms with van der Waals surface area (Å²) in [6, 6.07) is 8.36. The maximum atomic E-state index is 4.63. The predicted octanol–water partition coefficient (Wildman–Crippen LogP) is 4.39. The molecule has 0 aliphatic rings. The molecule has 0 aliphatic carbocycles. The van der Waals surface area contributed by atoms with Crippen molar-refractivity contribution in [3.05, 3.63) is 39.4 Å². The molecule has 0 spiro atoms. The molecule has 0 saturated carbocycles. The van der Waals surface area contributed by atoms with E-state index in [0.717, 1.165) is 27.3 Å². The monoisotopic (exact) mass is 381 g/mol. The Morgan fingerprint density at radius 2 is 2.16 bits per heavy atom. The van der Waals surface area contributed by atoms with Gasteiger partial charge in [-0.25, -0.2) is 9.97 Å². The highest BCUT2D eigenvalue weighted by molar-refractivity contribution is 14.1. The molecule has 0 fully saturated rings. The predicted molar refractivity (Wildman–Crippen MR) is 89.7 cm³/mol. The Balaban J connectivity index is 2.13. The van der Waals surface area contributed by atoms with Crippen LogP contribution in [0.15, 0.2) is 35.8 Å². The quantitative estimate of drug-likeness (QED) is 0.684. The summed E-state index contributed by atoms with van der Waals surface area (Å²) in [5.41, 5.74) is 1.11. The first-order valence-electron chi connectivity index (χ1n) is 6.02. The van der Waals surface area contributed by atoms with Gasteiger partial charge in [0.2, 0.25) is 0 Å². The van der Waals surface area contributed by atoms with E-state index in [4.69, 9.17) is 0 Å². The Bertz CT molecular complexity index is 724.